The second kappa shape index (κ2) is 8.83. The molecule has 0 aliphatic rings. The summed E-state index contributed by atoms with van der Waals surface area (Å²) in [6.45, 7) is 0. The summed E-state index contributed by atoms with van der Waals surface area (Å²) < 4.78 is 3.88. The van der Waals surface area contributed by atoms with Gasteiger partial charge in [-0.25, -0.2) is 2.92 Å². The van der Waals surface area contributed by atoms with Crippen molar-refractivity contribution >= 4 is 56.4 Å². The third-order valence-electron chi connectivity index (χ3n) is 0. The molecule has 0 spiro atoms. The zero-order chi connectivity index (χ0) is 2.71. The van der Waals surface area contributed by atoms with Gasteiger partial charge in [0.2, 0.25) is 0 Å². The van der Waals surface area contributed by atoms with Crippen LogP contribution < -0.4 is 0 Å². The maximum Gasteiger partial charge on any atom is 4.00 e. The predicted molar refractivity (Wildman–Crippen MR) is 24.7 cm³/mol. The van der Waals surface area contributed by atoms with E-state index >= 15 is 0 Å². The first kappa shape index (κ1) is 9.21. The van der Waals surface area contributed by atoms with Gasteiger partial charge in [0.25, 0.3) is 0 Å². The van der Waals surface area contributed by atoms with Crippen LogP contribution in [-0.4, -0.2) is 23.9 Å². The molecule has 0 aliphatic carbocycles. The van der Waals surface area contributed by atoms with Gasteiger partial charge in [-0.05, 0) is 0 Å². The summed E-state index contributed by atoms with van der Waals surface area (Å²) >= 11 is 5.12. The van der Waals surface area contributed by atoms with E-state index in [-0.39, 0.29) is 23.9 Å². The van der Waals surface area contributed by atoms with E-state index in [0.717, 1.165) is 0 Å². The SMILES string of the molecule is BrOBr.[Sn+4]. The zero-order valence-corrected chi connectivity index (χ0v) is 7.69. The largest absolute Gasteiger partial charge is 4.00 e. The van der Waals surface area contributed by atoms with Gasteiger partial charge in [0.05, 0.1) is 0 Å². The summed E-state index contributed by atoms with van der Waals surface area (Å²) in [5.74, 6) is 0. The summed E-state index contributed by atoms with van der Waals surface area (Å²) in [6.07, 6.45) is 0. The van der Waals surface area contributed by atoms with Crippen molar-refractivity contribution in [3.05, 3.63) is 0 Å². The van der Waals surface area contributed by atoms with E-state index in [1.807, 2.05) is 0 Å². The van der Waals surface area contributed by atoms with Crippen LogP contribution in [0, 0.1) is 0 Å². The summed E-state index contributed by atoms with van der Waals surface area (Å²) in [5, 5.41) is 0. The predicted octanol–water partition coefficient (Wildman–Crippen LogP) is 1.24. The Bertz CT molecular complexity index is 6.00. The molecule has 0 amide bonds. The monoisotopic (exact) mass is 294 g/mol. The van der Waals surface area contributed by atoms with Crippen LogP contribution >= 0.6 is 32.5 Å². The average molecular weight is 295 g/mol. The molecule has 0 saturated heterocycles. The van der Waals surface area contributed by atoms with E-state index in [9.17, 15) is 0 Å². The Morgan fingerprint density at radius 2 is 1.25 bits per heavy atom. The minimum Gasteiger partial charge on any atom is -0.230 e. The van der Waals surface area contributed by atoms with Gasteiger partial charge in [0, 0.05) is 0 Å². The Balaban J connectivity index is 0. The van der Waals surface area contributed by atoms with E-state index in [2.05, 4.69) is 35.4 Å². The van der Waals surface area contributed by atoms with E-state index < -0.39 is 0 Å². The van der Waals surface area contributed by atoms with Gasteiger partial charge in [-0.2, -0.15) is 0 Å². The molecule has 0 radical (unpaired) electrons. The molecular weight excluding hydrogens is 295 g/mol. The van der Waals surface area contributed by atoms with Gasteiger partial charge >= 0.3 is 23.9 Å². The number of halogens is 2. The number of hydrogen-bond acceptors (Lipinski definition) is 1. The van der Waals surface area contributed by atoms with Crippen molar-refractivity contribution in [2.45, 2.75) is 0 Å². The molecule has 20 valence electrons. The van der Waals surface area contributed by atoms with Crippen molar-refractivity contribution in [1.82, 2.24) is 0 Å². The fourth-order valence-electron chi connectivity index (χ4n) is 0. The third kappa shape index (κ3) is 9.30. The first-order chi connectivity index (χ1) is 1.41. The summed E-state index contributed by atoms with van der Waals surface area (Å²) in [4.78, 5) is 0. The molecule has 1 nitrogen and oxygen atoms in total. The van der Waals surface area contributed by atoms with Crippen molar-refractivity contribution in [2.24, 2.45) is 0 Å². The summed E-state index contributed by atoms with van der Waals surface area (Å²) in [5.41, 5.74) is 0. The van der Waals surface area contributed by atoms with Crippen molar-refractivity contribution in [3.8, 4) is 0 Å². The maximum absolute atomic E-state index is 3.88. The minimum atomic E-state index is 0. The Labute approximate surface area is 59.0 Å². The van der Waals surface area contributed by atoms with E-state index in [4.69, 9.17) is 0 Å². The van der Waals surface area contributed by atoms with Crippen molar-refractivity contribution in [1.29, 1.82) is 0 Å². The Morgan fingerprint density at radius 1 is 1.25 bits per heavy atom. The molecule has 4 heteroatoms. The molecule has 0 atom stereocenters. The van der Waals surface area contributed by atoms with Crippen LogP contribution in [0.15, 0.2) is 0 Å². The van der Waals surface area contributed by atoms with Gasteiger partial charge < -0.3 is 0 Å². The van der Waals surface area contributed by atoms with Crippen LogP contribution in [-0.2, 0) is 2.92 Å². The molecule has 0 fully saturated rings. The summed E-state index contributed by atoms with van der Waals surface area (Å²) in [6, 6.07) is 0. The molecule has 0 N–H and O–H groups in total. The Hall–Kier alpha value is 1.72. The standard InChI is InChI=1S/Br2O.Sn/c1-3-2;/q;+4. The van der Waals surface area contributed by atoms with Crippen LogP contribution in [0.1, 0.15) is 0 Å². The third-order valence-corrected chi connectivity index (χ3v) is 0. The normalized spacial score (nSPS) is 4.50. The molecule has 0 heterocycles. The van der Waals surface area contributed by atoms with Gasteiger partial charge in [0.15, 0.2) is 0 Å². The Morgan fingerprint density at radius 3 is 1.25 bits per heavy atom. The van der Waals surface area contributed by atoms with Crippen molar-refractivity contribution in [3.63, 3.8) is 0 Å². The molecule has 0 aromatic rings. The molecule has 0 bridgehead atoms. The van der Waals surface area contributed by atoms with Crippen LogP contribution in [0.3, 0.4) is 0 Å². The molecule has 0 aliphatic heterocycles. The fourth-order valence-corrected chi connectivity index (χ4v) is 0. The van der Waals surface area contributed by atoms with Crippen LogP contribution in [0.25, 0.3) is 0 Å². The quantitative estimate of drug-likeness (QED) is 0.611. The molecule has 4 heavy (non-hydrogen) atoms. The molecule has 0 aromatic heterocycles. The van der Waals surface area contributed by atoms with E-state index in [1.165, 1.54) is 0 Å². The van der Waals surface area contributed by atoms with Crippen molar-refractivity contribution < 1.29 is 2.92 Å². The molecule has 0 rings (SSSR count). The first-order valence-electron chi connectivity index (χ1n) is 0.309. The zero-order valence-electron chi connectivity index (χ0n) is 1.66. The first-order valence-corrected chi connectivity index (χ1v) is 1.60. The topological polar surface area (TPSA) is 9.23 Å². The number of rotatable bonds is 0. The maximum atomic E-state index is 3.88. The molecule has 0 unspecified atom stereocenters. The number of hydrogen-bond donors (Lipinski definition) is 0. The van der Waals surface area contributed by atoms with Crippen LogP contribution in [0.2, 0.25) is 0 Å². The van der Waals surface area contributed by atoms with Crippen LogP contribution in [0.5, 0.6) is 0 Å². The molecule has 0 aromatic carbocycles. The van der Waals surface area contributed by atoms with E-state index in [1.54, 1.807) is 0 Å². The van der Waals surface area contributed by atoms with Gasteiger partial charge in [-0.3, -0.25) is 0 Å². The Kier molecular flexibility index (Phi) is 20.3. The molecule has 0 saturated carbocycles. The van der Waals surface area contributed by atoms with Gasteiger partial charge in [-0.15, -0.1) is 0 Å². The van der Waals surface area contributed by atoms with Crippen molar-refractivity contribution in [2.75, 3.05) is 0 Å². The summed E-state index contributed by atoms with van der Waals surface area (Å²) in [7, 11) is 0. The second-order valence-corrected chi connectivity index (χ2v) is 1.57. The second-order valence-electron chi connectivity index (χ2n) is 0.0583. The van der Waals surface area contributed by atoms with Crippen LogP contribution in [0.4, 0.5) is 0 Å². The molecular formula is Br2OSn+4. The minimum absolute atomic E-state index is 0. The smallest absolute Gasteiger partial charge is 0.230 e. The van der Waals surface area contributed by atoms with Gasteiger partial charge in [0.1, 0.15) is 32.5 Å². The fraction of sp³-hybridized carbons (Fsp3) is 0. The van der Waals surface area contributed by atoms with E-state index in [0.29, 0.717) is 0 Å². The van der Waals surface area contributed by atoms with Gasteiger partial charge in [-0.1, -0.05) is 0 Å². The average Bonchev–Trinajstić information content (AvgIpc) is 0.918.